The summed E-state index contributed by atoms with van der Waals surface area (Å²) < 4.78 is 1.92. The third-order valence-electron chi connectivity index (χ3n) is 5.15. The SMILES string of the molecule is Cc1ccc(-c2[c-]c3ccc4ccccc4c3cc2)[c-]c1-c1ncnc[n+]1C.[B].[Y]. The second kappa shape index (κ2) is 9.16. The summed E-state index contributed by atoms with van der Waals surface area (Å²) in [5.41, 5.74) is 4.15. The van der Waals surface area contributed by atoms with E-state index in [4.69, 9.17) is 0 Å². The molecule has 0 atom stereocenters. The van der Waals surface area contributed by atoms with E-state index in [1.54, 1.807) is 12.7 Å². The predicted molar refractivity (Wildman–Crippen MR) is 117 cm³/mol. The van der Waals surface area contributed by atoms with Gasteiger partial charge in [0.25, 0.3) is 6.33 Å². The Hall–Kier alpha value is -2.42. The first-order valence-electron chi connectivity index (χ1n) is 9.24. The minimum absolute atomic E-state index is 0. The van der Waals surface area contributed by atoms with Crippen molar-refractivity contribution in [2.24, 2.45) is 7.05 Å². The summed E-state index contributed by atoms with van der Waals surface area (Å²) in [6.07, 6.45) is 3.33. The summed E-state index contributed by atoms with van der Waals surface area (Å²) in [4.78, 5) is 8.51. The molecule has 4 aromatic carbocycles. The molecule has 140 valence electrons. The fraction of sp³-hybridized carbons (Fsp3) is 0.0800. The number of fused-ring (bicyclic) bond motifs is 3. The van der Waals surface area contributed by atoms with Crippen molar-refractivity contribution in [2.45, 2.75) is 6.92 Å². The molecule has 5 aromatic rings. The molecule has 0 fully saturated rings. The van der Waals surface area contributed by atoms with E-state index in [1.807, 2.05) is 11.6 Å². The predicted octanol–water partition coefficient (Wildman–Crippen LogP) is 4.47. The van der Waals surface area contributed by atoms with Crippen LogP contribution in [0.1, 0.15) is 5.56 Å². The fourth-order valence-electron chi connectivity index (χ4n) is 3.66. The van der Waals surface area contributed by atoms with E-state index in [-0.39, 0.29) is 41.1 Å². The Morgan fingerprint density at radius 2 is 1.60 bits per heavy atom. The van der Waals surface area contributed by atoms with Gasteiger partial charge in [-0.1, -0.05) is 53.2 Å². The Kier molecular flexibility index (Phi) is 6.80. The zero-order chi connectivity index (χ0) is 19.1. The van der Waals surface area contributed by atoms with Crippen LogP contribution in [0.25, 0.3) is 44.1 Å². The van der Waals surface area contributed by atoms with Gasteiger partial charge in [-0.2, -0.15) is 35.4 Å². The topological polar surface area (TPSA) is 29.7 Å². The van der Waals surface area contributed by atoms with Gasteiger partial charge in [-0.05, 0) is 10.8 Å². The number of aromatic nitrogens is 3. The number of rotatable bonds is 2. The van der Waals surface area contributed by atoms with Crippen molar-refractivity contribution in [3.63, 3.8) is 0 Å². The van der Waals surface area contributed by atoms with Gasteiger partial charge in [-0.3, -0.25) is 4.57 Å². The number of aryl methyl sites for hydroxylation is 2. The van der Waals surface area contributed by atoms with Crippen molar-refractivity contribution < 1.29 is 37.3 Å². The average molecular weight is 460 g/mol. The van der Waals surface area contributed by atoms with Crippen LogP contribution in [0.2, 0.25) is 0 Å². The van der Waals surface area contributed by atoms with Gasteiger partial charge in [0.1, 0.15) is 0 Å². The zero-order valence-electron chi connectivity index (χ0n) is 16.9. The first-order chi connectivity index (χ1) is 13.7. The van der Waals surface area contributed by atoms with Gasteiger partial charge in [0.2, 0.25) is 12.2 Å². The maximum Gasteiger partial charge on any atom is 0.255 e. The van der Waals surface area contributed by atoms with Gasteiger partial charge in [-0.15, -0.1) is 34.1 Å². The smallest absolute Gasteiger partial charge is 0.255 e. The van der Waals surface area contributed by atoms with Gasteiger partial charge in [0, 0.05) is 41.1 Å². The van der Waals surface area contributed by atoms with E-state index in [9.17, 15) is 0 Å². The zero-order valence-corrected chi connectivity index (χ0v) is 19.8. The standard InChI is InChI=1S/C25H18N3.B.Y/c1-17-7-8-20(14-24(17)25-27-15-26-16-28(25)2)19-11-12-23-21(13-19)10-9-18-5-3-4-6-22(18)23;;/h3-12,15-16H,1-2H3;;/q-1;;. The van der Waals surface area contributed by atoms with Crippen LogP contribution in [-0.2, 0) is 39.8 Å². The Morgan fingerprint density at radius 3 is 2.43 bits per heavy atom. The van der Waals surface area contributed by atoms with Crippen LogP contribution in [-0.4, -0.2) is 18.4 Å². The van der Waals surface area contributed by atoms with Crippen molar-refractivity contribution in [1.82, 2.24) is 9.97 Å². The summed E-state index contributed by atoms with van der Waals surface area (Å²) >= 11 is 0. The second-order valence-corrected chi connectivity index (χ2v) is 6.99. The van der Waals surface area contributed by atoms with Crippen molar-refractivity contribution >= 4 is 30.0 Å². The molecule has 1 heterocycles. The summed E-state index contributed by atoms with van der Waals surface area (Å²) in [5.74, 6) is 0.848. The van der Waals surface area contributed by atoms with Gasteiger partial charge in [0.05, 0.1) is 7.05 Å². The molecule has 0 aliphatic heterocycles. The molecule has 0 aliphatic rings. The van der Waals surface area contributed by atoms with Crippen LogP contribution in [0.5, 0.6) is 0 Å². The quantitative estimate of drug-likeness (QED) is 0.169. The first kappa shape index (κ1) is 22.3. The van der Waals surface area contributed by atoms with Crippen LogP contribution in [0.15, 0.2) is 73.3 Å². The molecule has 3 nitrogen and oxygen atoms in total. The largest absolute Gasteiger partial charge is 0.269 e. The van der Waals surface area contributed by atoms with Gasteiger partial charge in [-0.25, -0.2) is 0 Å². The molecule has 0 spiro atoms. The van der Waals surface area contributed by atoms with E-state index in [0.29, 0.717) is 0 Å². The van der Waals surface area contributed by atoms with Crippen molar-refractivity contribution in [3.8, 4) is 22.5 Å². The molecule has 1 aromatic heterocycles. The molecule has 4 radical (unpaired) electrons. The van der Waals surface area contributed by atoms with E-state index in [1.165, 1.54) is 16.2 Å². The third-order valence-corrected chi connectivity index (χ3v) is 5.15. The summed E-state index contributed by atoms with van der Waals surface area (Å²) in [7, 11) is 1.95. The summed E-state index contributed by atoms with van der Waals surface area (Å²) in [6, 6.07) is 28.4. The third kappa shape index (κ3) is 3.95. The summed E-state index contributed by atoms with van der Waals surface area (Å²) in [5, 5.41) is 4.83. The average Bonchev–Trinajstić information content (AvgIpc) is 2.74. The van der Waals surface area contributed by atoms with Gasteiger partial charge >= 0.3 is 0 Å². The van der Waals surface area contributed by atoms with E-state index >= 15 is 0 Å². The van der Waals surface area contributed by atoms with E-state index in [0.717, 1.165) is 33.5 Å². The van der Waals surface area contributed by atoms with Gasteiger partial charge < -0.3 is 0 Å². The number of hydrogen-bond acceptors (Lipinski definition) is 2. The molecular formula is C25H18BN3Y-. The molecule has 0 saturated heterocycles. The summed E-state index contributed by atoms with van der Waals surface area (Å²) in [6.45, 7) is 2.08. The normalized spacial score (nSPS) is 10.5. The Labute approximate surface area is 203 Å². The van der Waals surface area contributed by atoms with Crippen LogP contribution in [0.4, 0.5) is 0 Å². The molecule has 5 rings (SSSR count). The Balaban J connectivity index is 0.00000128. The van der Waals surface area contributed by atoms with Crippen molar-refractivity contribution in [1.29, 1.82) is 0 Å². The monoisotopic (exact) mass is 460 g/mol. The molecule has 30 heavy (non-hydrogen) atoms. The minimum Gasteiger partial charge on any atom is -0.269 e. The maximum absolute atomic E-state index is 4.44. The fourth-order valence-corrected chi connectivity index (χ4v) is 3.66. The molecule has 0 aliphatic carbocycles. The van der Waals surface area contributed by atoms with Crippen LogP contribution in [0.3, 0.4) is 0 Å². The molecule has 0 amide bonds. The first-order valence-corrected chi connectivity index (χ1v) is 9.24. The molecular weight excluding hydrogens is 442 g/mol. The number of hydrogen-bond donors (Lipinski definition) is 0. The molecule has 0 N–H and O–H groups in total. The van der Waals surface area contributed by atoms with Crippen LogP contribution in [0, 0.1) is 19.1 Å². The number of nitrogens with zero attached hydrogens (tertiary/aromatic N) is 3. The molecule has 0 saturated carbocycles. The van der Waals surface area contributed by atoms with Crippen LogP contribution < -0.4 is 4.57 Å². The Morgan fingerprint density at radius 1 is 0.833 bits per heavy atom. The van der Waals surface area contributed by atoms with Gasteiger partial charge in [0.15, 0.2) is 0 Å². The van der Waals surface area contributed by atoms with E-state index < -0.39 is 0 Å². The number of benzene rings is 4. The van der Waals surface area contributed by atoms with E-state index in [2.05, 4.69) is 89.7 Å². The van der Waals surface area contributed by atoms with Crippen molar-refractivity contribution in [2.75, 3.05) is 0 Å². The minimum atomic E-state index is 0. The molecule has 0 unspecified atom stereocenters. The van der Waals surface area contributed by atoms with Crippen molar-refractivity contribution in [3.05, 3.63) is 91.0 Å². The second-order valence-electron chi connectivity index (χ2n) is 6.99. The molecule has 0 bridgehead atoms. The molecule has 5 heteroatoms. The maximum atomic E-state index is 4.44. The van der Waals surface area contributed by atoms with Crippen LogP contribution >= 0.6 is 0 Å². The Bertz CT molecular complexity index is 1350.